The Labute approximate surface area is 176 Å². The Morgan fingerprint density at radius 1 is 1.29 bits per heavy atom. The van der Waals surface area contributed by atoms with E-state index in [9.17, 15) is 14.0 Å². The van der Waals surface area contributed by atoms with Crippen molar-refractivity contribution in [1.29, 1.82) is 0 Å². The first-order valence-electron chi connectivity index (χ1n) is 8.93. The molecule has 0 unspecified atom stereocenters. The van der Waals surface area contributed by atoms with Crippen LogP contribution in [0.3, 0.4) is 0 Å². The second-order valence-corrected chi connectivity index (χ2v) is 9.69. The molecule has 148 valence electrons. The average Bonchev–Trinajstić information content (AvgIpc) is 3.46. The molecular formula is C20H21FIN3O3. The van der Waals surface area contributed by atoms with Crippen LogP contribution in [0, 0.1) is 11.7 Å². The maximum Gasteiger partial charge on any atom is 0.251 e. The lowest BCUT2D eigenvalue weighted by Gasteiger charge is -2.20. The summed E-state index contributed by atoms with van der Waals surface area (Å²) >= 11 is 2.14. The predicted molar refractivity (Wildman–Crippen MR) is 112 cm³/mol. The molecule has 6 nitrogen and oxygen atoms in total. The van der Waals surface area contributed by atoms with Crippen LogP contribution >= 0.6 is 22.6 Å². The van der Waals surface area contributed by atoms with E-state index in [-0.39, 0.29) is 24.3 Å². The van der Waals surface area contributed by atoms with Gasteiger partial charge in [0.2, 0.25) is 5.91 Å². The number of alkyl halides is 1. The molecule has 1 aromatic carbocycles. The molecule has 2 amide bonds. The van der Waals surface area contributed by atoms with Gasteiger partial charge in [0.15, 0.2) is 3.61 Å². The summed E-state index contributed by atoms with van der Waals surface area (Å²) in [6.45, 7) is 3.79. The summed E-state index contributed by atoms with van der Waals surface area (Å²) in [4.78, 5) is 28.3. The summed E-state index contributed by atoms with van der Waals surface area (Å²) in [7, 11) is 0. The zero-order valence-corrected chi connectivity index (χ0v) is 17.7. The minimum absolute atomic E-state index is 0.00955. The lowest BCUT2D eigenvalue weighted by Crippen LogP contribution is -2.24. The van der Waals surface area contributed by atoms with Gasteiger partial charge in [0.1, 0.15) is 17.4 Å². The van der Waals surface area contributed by atoms with E-state index in [0.29, 0.717) is 22.7 Å². The number of carbonyl (C=O) groups excluding carboxylic acids is 2. The minimum Gasteiger partial charge on any atom is -0.478 e. The van der Waals surface area contributed by atoms with E-state index in [2.05, 4.69) is 38.2 Å². The number of halogens is 2. The number of hydrogen-bond donors (Lipinski definition) is 2. The van der Waals surface area contributed by atoms with Crippen LogP contribution < -0.4 is 15.4 Å². The van der Waals surface area contributed by atoms with Crippen molar-refractivity contribution < 1.29 is 18.7 Å². The Morgan fingerprint density at radius 3 is 2.71 bits per heavy atom. The van der Waals surface area contributed by atoms with Gasteiger partial charge in [0.05, 0.1) is 0 Å². The molecule has 1 aliphatic rings. The fourth-order valence-electron chi connectivity index (χ4n) is 2.52. The fraction of sp³-hybridized carbons (Fsp3) is 0.350. The first-order chi connectivity index (χ1) is 13.2. The lowest BCUT2D eigenvalue weighted by atomic mass is 10.2. The van der Waals surface area contributed by atoms with E-state index >= 15 is 0 Å². The fourth-order valence-corrected chi connectivity index (χ4v) is 2.78. The minimum atomic E-state index is -0.436. The van der Waals surface area contributed by atoms with Crippen LogP contribution in [-0.2, 0) is 11.3 Å². The van der Waals surface area contributed by atoms with Gasteiger partial charge in [-0.3, -0.25) is 9.59 Å². The Morgan fingerprint density at radius 2 is 2.04 bits per heavy atom. The predicted octanol–water partition coefficient (Wildman–Crippen LogP) is 4.05. The van der Waals surface area contributed by atoms with E-state index in [0.717, 1.165) is 12.8 Å². The van der Waals surface area contributed by atoms with E-state index in [1.54, 1.807) is 12.1 Å². The lowest BCUT2D eigenvalue weighted by molar-refractivity contribution is -0.117. The summed E-state index contributed by atoms with van der Waals surface area (Å²) in [6.07, 6.45) is 3.22. The summed E-state index contributed by atoms with van der Waals surface area (Å²) in [6, 6.07) is 7.49. The molecule has 1 heterocycles. The third kappa shape index (κ3) is 5.88. The monoisotopic (exact) mass is 497 g/mol. The molecule has 1 aromatic heterocycles. The molecule has 2 aromatic rings. The summed E-state index contributed by atoms with van der Waals surface area (Å²) in [5.74, 6) is 0.0103. The summed E-state index contributed by atoms with van der Waals surface area (Å²) in [5.41, 5.74) is 0.658. The first-order valence-corrected chi connectivity index (χ1v) is 10.0. The number of aromatic nitrogens is 1. The zero-order valence-electron chi connectivity index (χ0n) is 15.6. The van der Waals surface area contributed by atoms with Crippen LogP contribution in [0.5, 0.6) is 5.75 Å². The van der Waals surface area contributed by atoms with Gasteiger partial charge in [0, 0.05) is 29.8 Å². The number of benzene rings is 1. The van der Waals surface area contributed by atoms with Gasteiger partial charge >= 0.3 is 0 Å². The van der Waals surface area contributed by atoms with Gasteiger partial charge in [-0.15, -0.1) is 0 Å². The number of hydrogen-bond acceptors (Lipinski definition) is 4. The summed E-state index contributed by atoms with van der Waals surface area (Å²) < 4.78 is 19.4. The molecule has 0 bridgehead atoms. The number of rotatable bonds is 7. The molecule has 1 fully saturated rings. The molecule has 28 heavy (non-hydrogen) atoms. The normalized spacial score (nSPS) is 13.7. The molecule has 1 aliphatic carbocycles. The van der Waals surface area contributed by atoms with Crippen molar-refractivity contribution in [2.24, 2.45) is 5.92 Å². The number of nitrogens with one attached hydrogen (secondary N) is 2. The average molecular weight is 497 g/mol. The molecule has 0 atom stereocenters. The molecule has 1 saturated carbocycles. The van der Waals surface area contributed by atoms with Crippen molar-refractivity contribution in [2.45, 2.75) is 36.8 Å². The van der Waals surface area contributed by atoms with E-state index in [4.69, 9.17) is 4.74 Å². The second kappa shape index (κ2) is 8.42. The van der Waals surface area contributed by atoms with Crippen molar-refractivity contribution in [2.75, 3.05) is 5.32 Å². The SMILES string of the molecule is CC(C)(I)Oc1ccc(F)c(CNC(=O)c2ccnc(NC(=O)C3CC3)c2)c1. The van der Waals surface area contributed by atoms with Crippen molar-refractivity contribution in [1.82, 2.24) is 10.3 Å². The Kier molecular flexibility index (Phi) is 6.17. The van der Waals surface area contributed by atoms with Gasteiger partial charge < -0.3 is 15.4 Å². The van der Waals surface area contributed by atoms with Gasteiger partial charge in [-0.1, -0.05) is 0 Å². The highest BCUT2D eigenvalue weighted by atomic mass is 127. The van der Waals surface area contributed by atoms with E-state index in [1.807, 2.05) is 13.8 Å². The molecule has 3 rings (SSSR count). The Bertz CT molecular complexity index is 895. The van der Waals surface area contributed by atoms with Crippen molar-refractivity contribution in [3.05, 3.63) is 53.5 Å². The molecule has 0 aliphatic heterocycles. The van der Waals surface area contributed by atoms with E-state index < -0.39 is 9.43 Å². The van der Waals surface area contributed by atoms with Gasteiger partial charge in [0.25, 0.3) is 5.91 Å². The molecule has 0 saturated heterocycles. The molecule has 0 spiro atoms. The largest absolute Gasteiger partial charge is 0.478 e. The zero-order chi connectivity index (χ0) is 20.3. The Balaban J connectivity index is 1.63. The number of pyridine rings is 1. The second-order valence-electron chi connectivity index (χ2n) is 7.09. The Hall–Kier alpha value is -2.23. The highest BCUT2D eigenvalue weighted by Crippen LogP contribution is 2.30. The topological polar surface area (TPSA) is 80.3 Å². The number of amides is 2. The van der Waals surface area contributed by atoms with Gasteiger partial charge in [-0.05, 0) is 79.6 Å². The summed E-state index contributed by atoms with van der Waals surface area (Å²) in [5, 5.41) is 5.39. The number of anilines is 1. The van der Waals surface area contributed by atoms with Gasteiger partial charge in [-0.2, -0.15) is 0 Å². The van der Waals surface area contributed by atoms with Crippen molar-refractivity contribution in [3.63, 3.8) is 0 Å². The number of nitrogens with zero attached hydrogens (tertiary/aromatic N) is 1. The van der Waals surface area contributed by atoms with Crippen LogP contribution in [-0.4, -0.2) is 20.4 Å². The highest BCUT2D eigenvalue weighted by molar-refractivity contribution is 14.1. The number of ether oxygens (including phenoxy) is 1. The van der Waals surface area contributed by atoms with Crippen LogP contribution in [0.15, 0.2) is 36.5 Å². The number of carbonyl (C=O) groups is 2. The maximum atomic E-state index is 14.1. The van der Waals surface area contributed by atoms with Crippen LogP contribution in [0.1, 0.15) is 42.6 Å². The standard InChI is InChI=1S/C20H21FIN3O3/c1-20(2,22)28-15-5-6-16(21)14(9-15)11-24-18(26)13-7-8-23-17(10-13)25-19(27)12-3-4-12/h5-10,12H,3-4,11H2,1-2H3,(H,24,26)(H,23,25,27). The van der Waals surface area contributed by atoms with Crippen LogP contribution in [0.25, 0.3) is 0 Å². The smallest absolute Gasteiger partial charge is 0.251 e. The van der Waals surface area contributed by atoms with Crippen LogP contribution in [0.2, 0.25) is 0 Å². The van der Waals surface area contributed by atoms with E-state index in [1.165, 1.54) is 24.4 Å². The van der Waals surface area contributed by atoms with Crippen molar-refractivity contribution >= 4 is 40.2 Å². The molecule has 8 heteroatoms. The molecule has 2 N–H and O–H groups in total. The molecule has 0 radical (unpaired) electrons. The highest BCUT2D eigenvalue weighted by Gasteiger charge is 2.29. The van der Waals surface area contributed by atoms with Crippen LogP contribution in [0.4, 0.5) is 10.2 Å². The maximum absolute atomic E-state index is 14.1. The third-order valence-electron chi connectivity index (χ3n) is 4.04. The van der Waals surface area contributed by atoms with Gasteiger partial charge in [-0.25, -0.2) is 9.37 Å². The third-order valence-corrected chi connectivity index (χ3v) is 4.26. The molecular weight excluding hydrogens is 476 g/mol. The first kappa shape index (κ1) is 20.5. The quantitative estimate of drug-likeness (QED) is 0.447. The van der Waals surface area contributed by atoms with Crippen molar-refractivity contribution in [3.8, 4) is 5.75 Å².